The van der Waals surface area contributed by atoms with Crippen LogP contribution in [0.4, 0.5) is 22.6 Å². The fraction of sp³-hybridized carbons (Fsp3) is 0.312. The Hall–Kier alpha value is -2.51. The first-order valence-electron chi connectivity index (χ1n) is 8.08. The van der Waals surface area contributed by atoms with E-state index in [1.165, 1.54) is 6.33 Å². The first-order valence-corrected chi connectivity index (χ1v) is 9.69. The lowest BCUT2D eigenvalue weighted by Crippen LogP contribution is -2.34. The first-order chi connectivity index (χ1) is 12.6. The number of nitriles is 1. The summed E-state index contributed by atoms with van der Waals surface area (Å²) in [5.41, 5.74) is 6.55. The summed E-state index contributed by atoms with van der Waals surface area (Å²) in [6.07, 6.45) is 5.07. The number of hydrogen-bond donors (Lipinski definition) is 2. The van der Waals surface area contributed by atoms with E-state index in [-0.39, 0.29) is 5.92 Å². The number of fused-ring (bicyclic) bond motifs is 1. The molecule has 4 rings (SSSR count). The van der Waals surface area contributed by atoms with E-state index in [9.17, 15) is 5.26 Å². The third kappa shape index (κ3) is 3.27. The van der Waals surface area contributed by atoms with Crippen LogP contribution in [0.3, 0.4) is 0 Å². The maximum absolute atomic E-state index is 9.23. The zero-order chi connectivity index (χ0) is 18.1. The third-order valence-corrected chi connectivity index (χ3v) is 5.88. The van der Waals surface area contributed by atoms with Crippen LogP contribution in [-0.2, 0) is 0 Å². The molecule has 26 heavy (non-hydrogen) atoms. The van der Waals surface area contributed by atoms with Crippen molar-refractivity contribution in [3.8, 4) is 6.07 Å². The van der Waals surface area contributed by atoms with Gasteiger partial charge in [0.2, 0.25) is 0 Å². The smallest absolute Gasteiger partial charge is 0.186 e. The number of nitrogens with two attached hydrogens (primary N) is 1. The van der Waals surface area contributed by atoms with Gasteiger partial charge in [-0.2, -0.15) is 5.26 Å². The largest absolute Gasteiger partial charge is 0.384 e. The highest BCUT2D eigenvalue weighted by atomic mass is 79.9. The molecule has 1 aliphatic rings. The maximum Gasteiger partial charge on any atom is 0.186 e. The van der Waals surface area contributed by atoms with Crippen molar-refractivity contribution < 1.29 is 0 Å². The monoisotopic (exact) mass is 430 g/mol. The number of nitrogens with one attached hydrogen (secondary N) is 1. The fourth-order valence-corrected chi connectivity index (χ4v) is 4.50. The fourth-order valence-electron chi connectivity index (χ4n) is 2.91. The minimum atomic E-state index is 0.0546. The Morgan fingerprint density at radius 3 is 3.08 bits per heavy atom. The van der Waals surface area contributed by atoms with Gasteiger partial charge >= 0.3 is 0 Å². The Kier molecular flexibility index (Phi) is 4.57. The van der Waals surface area contributed by atoms with Crippen LogP contribution in [0.5, 0.6) is 0 Å². The molecule has 10 heteroatoms. The predicted octanol–water partition coefficient (Wildman–Crippen LogP) is 3.31. The molecule has 3 N–H and O–H groups in total. The van der Waals surface area contributed by atoms with Gasteiger partial charge in [0.1, 0.15) is 28.2 Å². The second-order valence-electron chi connectivity index (χ2n) is 6.00. The van der Waals surface area contributed by atoms with Gasteiger partial charge in [-0.05, 0) is 28.8 Å². The van der Waals surface area contributed by atoms with Crippen LogP contribution >= 0.6 is 27.3 Å². The summed E-state index contributed by atoms with van der Waals surface area (Å²) in [7, 11) is 0. The van der Waals surface area contributed by atoms with E-state index in [0.29, 0.717) is 24.0 Å². The number of nitrogen functional groups attached to an aromatic ring is 1. The van der Waals surface area contributed by atoms with E-state index in [4.69, 9.17) is 10.7 Å². The van der Waals surface area contributed by atoms with Crippen LogP contribution in [0, 0.1) is 17.2 Å². The quantitative estimate of drug-likeness (QED) is 0.649. The van der Waals surface area contributed by atoms with Crippen molar-refractivity contribution in [1.29, 1.82) is 5.26 Å². The normalized spacial score (nSPS) is 17.2. The average Bonchev–Trinajstić information content (AvgIpc) is 3.11. The standard InChI is InChI=1S/C16H15BrN8S/c17-10-6-20-15(23-12-4-11(19)21-8-22-12)14-13(10)24-16(26-14)25-3-1-2-9(5-18)7-25/h4,6,8-9H,1-3,7H2,(H3,19,20,21,22,23)/t9-/m0/s1. The van der Waals surface area contributed by atoms with Gasteiger partial charge in [-0.15, -0.1) is 0 Å². The predicted molar refractivity (Wildman–Crippen MR) is 105 cm³/mol. The molecule has 3 aromatic rings. The van der Waals surface area contributed by atoms with Crippen molar-refractivity contribution in [1.82, 2.24) is 19.9 Å². The van der Waals surface area contributed by atoms with Crippen LogP contribution in [0.2, 0.25) is 0 Å². The molecule has 1 atom stereocenters. The van der Waals surface area contributed by atoms with Gasteiger partial charge in [-0.3, -0.25) is 0 Å². The highest BCUT2D eigenvalue weighted by Crippen LogP contribution is 2.38. The summed E-state index contributed by atoms with van der Waals surface area (Å²) in [6, 6.07) is 4.03. The van der Waals surface area contributed by atoms with Gasteiger partial charge in [-0.25, -0.2) is 19.9 Å². The third-order valence-electron chi connectivity index (χ3n) is 4.17. The maximum atomic E-state index is 9.23. The van der Waals surface area contributed by atoms with Crippen LogP contribution < -0.4 is 16.0 Å². The summed E-state index contributed by atoms with van der Waals surface area (Å²) >= 11 is 5.08. The molecule has 0 unspecified atom stereocenters. The van der Waals surface area contributed by atoms with Crippen molar-refractivity contribution >= 4 is 60.1 Å². The van der Waals surface area contributed by atoms with Gasteiger partial charge in [0.05, 0.1) is 16.5 Å². The number of thiazole rings is 1. The van der Waals surface area contributed by atoms with Gasteiger partial charge in [0, 0.05) is 25.4 Å². The Bertz CT molecular complexity index is 998. The lowest BCUT2D eigenvalue weighted by molar-refractivity contribution is 0.493. The number of pyridine rings is 1. The molecule has 0 radical (unpaired) electrons. The van der Waals surface area contributed by atoms with E-state index in [2.05, 4.69) is 47.2 Å². The number of nitrogens with zero attached hydrogens (tertiary/aromatic N) is 6. The molecule has 0 amide bonds. The van der Waals surface area contributed by atoms with Crippen LogP contribution in [0.25, 0.3) is 10.2 Å². The van der Waals surface area contributed by atoms with Gasteiger partial charge in [0.15, 0.2) is 10.9 Å². The molecular weight excluding hydrogens is 416 g/mol. The number of anilines is 4. The molecule has 1 fully saturated rings. The highest BCUT2D eigenvalue weighted by molar-refractivity contribution is 9.10. The molecule has 1 aliphatic heterocycles. The Morgan fingerprint density at radius 2 is 2.27 bits per heavy atom. The molecule has 3 aromatic heterocycles. The number of aromatic nitrogens is 4. The molecule has 0 aliphatic carbocycles. The first kappa shape index (κ1) is 16.9. The van der Waals surface area contributed by atoms with E-state index in [0.717, 1.165) is 39.2 Å². The van der Waals surface area contributed by atoms with Crippen molar-refractivity contribution in [3.63, 3.8) is 0 Å². The summed E-state index contributed by atoms with van der Waals surface area (Å²) < 4.78 is 1.75. The second-order valence-corrected chi connectivity index (χ2v) is 7.83. The van der Waals surface area contributed by atoms with E-state index >= 15 is 0 Å². The van der Waals surface area contributed by atoms with Crippen LogP contribution in [0.15, 0.2) is 23.1 Å². The van der Waals surface area contributed by atoms with Gasteiger partial charge in [-0.1, -0.05) is 11.3 Å². The minimum absolute atomic E-state index is 0.0546. The van der Waals surface area contributed by atoms with E-state index < -0.39 is 0 Å². The Morgan fingerprint density at radius 1 is 1.38 bits per heavy atom. The summed E-state index contributed by atoms with van der Waals surface area (Å²) in [6.45, 7) is 1.63. The van der Waals surface area contributed by atoms with Gasteiger partial charge in [0.25, 0.3) is 0 Å². The zero-order valence-corrected chi connectivity index (χ0v) is 16.1. The van der Waals surface area contributed by atoms with Crippen molar-refractivity contribution in [2.24, 2.45) is 5.92 Å². The molecule has 8 nitrogen and oxygen atoms in total. The summed E-state index contributed by atoms with van der Waals surface area (Å²) in [4.78, 5) is 19.5. The van der Waals surface area contributed by atoms with E-state index in [1.807, 2.05) is 0 Å². The molecule has 0 spiro atoms. The topological polar surface area (TPSA) is 117 Å². The SMILES string of the molecule is N#C[C@@H]1CCCN(c2nc3c(Br)cnc(Nc4cc(N)ncn4)c3s2)C1. The van der Waals surface area contributed by atoms with Crippen molar-refractivity contribution in [2.45, 2.75) is 12.8 Å². The number of piperidine rings is 1. The van der Waals surface area contributed by atoms with E-state index in [1.54, 1.807) is 23.6 Å². The number of halogens is 1. The molecule has 0 aromatic carbocycles. The second kappa shape index (κ2) is 7.01. The molecule has 132 valence electrons. The Balaban J connectivity index is 1.70. The van der Waals surface area contributed by atoms with Crippen molar-refractivity contribution in [2.75, 3.05) is 29.0 Å². The lowest BCUT2D eigenvalue weighted by atomic mass is 10.0. The lowest BCUT2D eigenvalue weighted by Gasteiger charge is -2.28. The zero-order valence-electron chi connectivity index (χ0n) is 13.7. The molecule has 1 saturated heterocycles. The van der Waals surface area contributed by atoms with Crippen LogP contribution in [-0.4, -0.2) is 33.0 Å². The average molecular weight is 431 g/mol. The minimum Gasteiger partial charge on any atom is -0.384 e. The van der Waals surface area contributed by atoms with Gasteiger partial charge < -0.3 is 16.0 Å². The van der Waals surface area contributed by atoms with Crippen LogP contribution in [0.1, 0.15) is 12.8 Å². The Labute approximate surface area is 162 Å². The van der Waals surface area contributed by atoms with Crippen molar-refractivity contribution in [3.05, 3.63) is 23.1 Å². The number of rotatable bonds is 3. The number of hydrogen-bond acceptors (Lipinski definition) is 9. The molecule has 0 saturated carbocycles. The molecular formula is C16H15BrN8S. The molecule has 4 heterocycles. The highest BCUT2D eigenvalue weighted by Gasteiger charge is 2.23. The molecule has 0 bridgehead atoms. The summed E-state index contributed by atoms with van der Waals surface area (Å²) in [5, 5.41) is 13.3. The summed E-state index contributed by atoms with van der Waals surface area (Å²) in [5.74, 6) is 1.68.